The first-order valence-corrected chi connectivity index (χ1v) is 6.62. The number of hydrogen-bond donors (Lipinski definition) is 1. The Labute approximate surface area is 109 Å². The Hall–Kier alpha value is -1.32. The zero-order chi connectivity index (χ0) is 12.1. The number of rotatable bonds is 4. The van der Waals surface area contributed by atoms with Gasteiger partial charge in [-0.05, 0) is 47.0 Å². The average molecular weight is 266 g/mol. The van der Waals surface area contributed by atoms with Crippen LogP contribution in [-0.2, 0) is 11.2 Å². The molecule has 0 aliphatic rings. The van der Waals surface area contributed by atoms with E-state index in [1.165, 1.54) is 5.56 Å². The molecule has 0 saturated heterocycles. The molecule has 0 aliphatic carbocycles. The molecule has 17 heavy (non-hydrogen) atoms. The van der Waals surface area contributed by atoms with E-state index in [2.05, 4.69) is 10.7 Å². The number of hydrogen-bond acceptors (Lipinski definition) is 2. The van der Waals surface area contributed by atoms with Crippen molar-refractivity contribution < 1.29 is 4.79 Å². The SMILES string of the molecule is O=C(CCc1ccsc1)Nc1cccc(Cl)c1. The zero-order valence-electron chi connectivity index (χ0n) is 9.15. The summed E-state index contributed by atoms with van der Waals surface area (Å²) in [6, 6.07) is 9.20. The highest BCUT2D eigenvalue weighted by molar-refractivity contribution is 7.07. The third-order valence-electron chi connectivity index (χ3n) is 2.33. The van der Waals surface area contributed by atoms with Gasteiger partial charge in [0.1, 0.15) is 0 Å². The molecule has 0 fully saturated rings. The summed E-state index contributed by atoms with van der Waals surface area (Å²) >= 11 is 7.48. The maximum absolute atomic E-state index is 11.7. The van der Waals surface area contributed by atoms with Crippen molar-refractivity contribution in [1.82, 2.24) is 0 Å². The highest BCUT2D eigenvalue weighted by Gasteiger charge is 2.03. The quantitative estimate of drug-likeness (QED) is 0.890. The highest BCUT2D eigenvalue weighted by Crippen LogP contribution is 2.15. The topological polar surface area (TPSA) is 29.1 Å². The average Bonchev–Trinajstić information content (AvgIpc) is 2.79. The molecular weight excluding hydrogens is 254 g/mol. The van der Waals surface area contributed by atoms with Crippen LogP contribution >= 0.6 is 22.9 Å². The number of nitrogens with one attached hydrogen (secondary N) is 1. The van der Waals surface area contributed by atoms with E-state index in [1.807, 2.05) is 23.6 Å². The van der Waals surface area contributed by atoms with Gasteiger partial charge < -0.3 is 5.32 Å². The molecule has 2 rings (SSSR count). The van der Waals surface area contributed by atoms with E-state index >= 15 is 0 Å². The Balaban J connectivity index is 1.85. The van der Waals surface area contributed by atoms with Crippen LogP contribution in [0.15, 0.2) is 41.1 Å². The number of anilines is 1. The van der Waals surface area contributed by atoms with Crippen molar-refractivity contribution in [3.05, 3.63) is 51.7 Å². The van der Waals surface area contributed by atoms with E-state index < -0.39 is 0 Å². The van der Waals surface area contributed by atoms with Crippen molar-refractivity contribution in [2.45, 2.75) is 12.8 Å². The van der Waals surface area contributed by atoms with Crippen LogP contribution < -0.4 is 5.32 Å². The molecule has 4 heteroatoms. The van der Waals surface area contributed by atoms with Crippen LogP contribution in [0.25, 0.3) is 0 Å². The monoisotopic (exact) mass is 265 g/mol. The summed E-state index contributed by atoms with van der Waals surface area (Å²) in [7, 11) is 0. The van der Waals surface area contributed by atoms with Crippen molar-refractivity contribution in [3.8, 4) is 0 Å². The van der Waals surface area contributed by atoms with Gasteiger partial charge in [0.15, 0.2) is 0 Å². The van der Waals surface area contributed by atoms with Gasteiger partial charge in [0.05, 0.1) is 0 Å². The molecule has 0 bridgehead atoms. The van der Waals surface area contributed by atoms with Gasteiger partial charge in [-0.1, -0.05) is 17.7 Å². The molecule has 0 saturated carbocycles. The number of halogens is 1. The molecule has 0 aliphatic heterocycles. The summed E-state index contributed by atoms with van der Waals surface area (Å²) in [5, 5.41) is 7.53. The van der Waals surface area contributed by atoms with Gasteiger partial charge in [-0.25, -0.2) is 0 Å². The van der Waals surface area contributed by atoms with Gasteiger partial charge in [-0.2, -0.15) is 11.3 Å². The van der Waals surface area contributed by atoms with Crippen LogP contribution in [0, 0.1) is 0 Å². The standard InChI is InChI=1S/C13H12ClNOS/c14-11-2-1-3-12(8-11)15-13(16)5-4-10-6-7-17-9-10/h1-3,6-9H,4-5H2,(H,15,16). The van der Waals surface area contributed by atoms with Crippen LogP contribution in [0.5, 0.6) is 0 Å². The lowest BCUT2D eigenvalue weighted by atomic mass is 10.2. The van der Waals surface area contributed by atoms with Crippen LogP contribution in [0.2, 0.25) is 5.02 Å². The largest absolute Gasteiger partial charge is 0.326 e. The molecule has 1 aromatic carbocycles. The minimum Gasteiger partial charge on any atom is -0.326 e. The molecule has 0 unspecified atom stereocenters. The fraction of sp³-hybridized carbons (Fsp3) is 0.154. The molecule has 2 nitrogen and oxygen atoms in total. The van der Waals surface area contributed by atoms with Crippen LogP contribution in [-0.4, -0.2) is 5.91 Å². The van der Waals surface area contributed by atoms with E-state index in [4.69, 9.17) is 11.6 Å². The second-order valence-corrected chi connectivity index (χ2v) is 4.91. The van der Waals surface area contributed by atoms with E-state index in [1.54, 1.807) is 23.5 Å². The molecule has 1 aromatic heterocycles. The molecule has 0 radical (unpaired) electrons. The summed E-state index contributed by atoms with van der Waals surface area (Å²) in [5.41, 5.74) is 1.95. The molecule has 1 amide bonds. The van der Waals surface area contributed by atoms with Gasteiger partial charge in [-0.15, -0.1) is 0 Å². The predicted molar refractivity (Wildman–Crippen MR) is 72.7 cm³/mol. The van der Waals surface area contributed by atoms with Crippen molar-refractivity contribution in [3.63, 3.8) is 0 Å². The summed E-state index contributed by atoms with van der Waals surface area (Å²) in [5.74, 6) is 0.0125. The van der Waals surface area contributed by atoms with Crippen LogP contribution in [0.1, 0.15) is 12.0 Å². The predicted octanol–water partition coefficient (Wildman–Crippen LogP) is 3.97. The van der Waals surface area contributed by atoms with Crippen LogP contribution in [0.4, 0.5) is 5.69 Å². The maximum Gasteiger partial charge on any atom is 0.224 e. The summed E-state index contributed by atoms with van der Waals surface area (Å²) in [6.45, 7) is 0. The molecule has 0 spiro atoms. The van der Waals surface area contributed by atoms with Gasteiger partial charge in [0.2, 0.25) is 5.91 Å². The fourth-order valence-corrected chi connectivity index (χ4v) is 2.38. The van der Waals surface area contributed by atoms with Gasteiger partial charge >= 0.3 is 0 Å². The minimum atomic E-state index is 0.0125. The number of carbonyl (C=O) groups excluding carboxylic acids is 1. The minimum absolute atomic E-state index is 0.0125. The molecule has 1 N–H and O–H groups in total. The Kier molecular flexibility index (Phi) is 4.18. The normalized spacial score (nSPS) is 10.2. The first-order chi connectivity index (χ1) is 8.24. The maximum atomic E-state index is 11.7. The van der Waals surface area contributed by atoms with Gasteiger partial charge in [0, 0.05) is 17.1 Å². The van der Waals surface area contributed by atoms with E-state index in [0.29, 0.717) is 11.4 Å². The van der Waals surface area contributed by atoms with Gasteiger partial charge in [-0.3, -0.25) is 4.79 Å². The summed E-state index contributed by atoms with van der Waals surface area (Å²) in [4.78, 5) is 11.7. The third kappa shape index (κ3) is 3.88. The van der Waals surface area contributed by atoms with E-state index in [0.717, 1.165) is 12.1 Å². The zero-order valence-corrected chi connectivity index (χ0v) is 10.7. The van der Waals surface area contributed by atoms with Crippen molar-refractivity contribution in [1.29, 1.82) is 0 Å². The number of carbonyl (C=O) groups is 1. The first kappa shape index (κ1) is 12.1. The Morgan fingerprint density at radius 2 is 2.24 bits per heavy atom. The molecular formula is C13H12ClNOS. The number of amides is 1. The second-order valence-electron chi connectivity index (χ2n) is 3.69. The lowest BCUT2D eigenvalue weighted by Crippen LogP contribution is -2.12. The summed E-state index contributed by atoms with van der Waals surface area (Å²) < 4.78 is 0. The lowest BCUT2D eigenvalue weighted by molar-refractivity contribution is -0.116. The fourth-order valence-electron chi connectivity index (χ4n) is 1.48. The third-order valence-corrected chi connectivity index (χ3v) is 3.30. The van der Waals surface area contributed by atoms with E-state index in [-0.39, 0.29) is 5.91 Å². The smallest absolute Gasteiger partial charge is 0.224 e. The van der Waals surface area contributed by atoms with Crippen molar-refractivity contribution in [2.24, 2.45) is 0 Å². The molecule has 1 heterocycles. The van der Waals surface area contributed by atoms with Gasteiger partial charge in [0.25, 0.3) is 0 Å². The number of aryl methyl sites for hydroxylation is 1. The highest BCUT2D eigenvalue weighted by atomic mass is 35.5. The van der Waals surface area contributed by atoms with E-state index in [9.17, 15) is 4.79 Å². The van der Waals surface area contributed by atoms with Crippen molar-refractivity contribution >= 4 is 34.5 Å². The molecule has 88 valence electrons. The van der Waals surface area contributed by atoms with Crippen molar-refractivity contribution in [2.75, 3.05) is 5.32 Å². The number of thiophene rings is 1. The van der Waals surface area contributed by atoms with Crippen LogP contribution in [0.3, 0.4) is 0 Å². The summed E-state index contributed by atoms with van der Waals surface area (Å²) in [6.07, 6.45) is 1.26. The number of benzene rings is 1. The first-order valence-electron chi connectivity index (χ1n) is 5.30. The lowest BCUT2D eigenvalue weighted by Gasteiger charge is -2.04. The molecule has 2 aromatic rings. The second kappa shape index (κ2) is 5.84. The Morgan fingerprint density at radius 1 is 1.35 bits per heavy atom. The Morgan fingerprint density at radius 3 is 2.94 bits per heavy atom. The molecule has 0 atom stereocenters. The Bertz CT molecular complexity index is 496.